The van der Waals surface area contributed by atoms with Gasteiger partial charge in [0.25, 0.3) is 0 Å². The minimum atomic E-state index is 0.138. The molecule has 0 saturated carbocycles. The highest BCUT2D eigenvalue weighted by molar-refractivity contribution is 5.85. The van der Waals surface area contributed by atoms with Gasteiger partial charge in [0.2, 0.25) is 0 Å². The monoisotopic (exact) mass is 244 g/mol. The van der Waals surface area contributed by atoms with Crippen LogP contribution in [0.4, 0.5) is 0 Å². The minimum absolute atomic E-state index is 0.138. The fourth-order valence-electron chi connectivity index (χ4n) is 2.42. The summed E-state index contributed by atoms with van der Waals surface area (Å²) in [6.07, 6.45) is 3.87. The van der Waals surface area contributed by atoms with Gasteiger partial charge in [-0.3, -0.25) is 4.98 Å². The highest BCUT2D eigenvalue weighted by Crippen LogP contribution is 2.26. The van der Waals surface area contributed by atoms with Crippen LogP contribution in [0.15, 0.2) is 36.7 Å². The zero-order valence-corrected chi connectivity index (χ0v) is 11.2. The predicted octanol–water partition coefficient (Wildman–Crippen LogP) is 2.92. The number of rotatable bonds is 5. The number of likely N-dealkylation sites (N-methyl/N-ethyl adjacent to an activating group) is 1. The fourth-order valence-corrected chi connectivity index (χ4v) is 2.42. The number of benzene rings is 1. The Morgan fingerprint density at radius 1 is 1.33 bits per heavy atom. The minimum Gasteiger partial charge on any atom is -0.377 e. The van der Waals surface area contributed by atoms with E-state index in [4.69, 9.17) is 4.74 Å². The lowest BCUT2D eigenvalue weighted by Crippen LogP contribution is -2.29. The van der Waals surface area contributed by atoms with Crippen molar-refractivity contribution in [2.24, 2.45) is 0 Å². The fraction of sp³-hybridized carbons (Fsp3) is 0.400. The lowest BCUT2D eigenvalue weighted by atomic mass is 9.97. The number of hydrogen-bond donors (Lipinski definition) is 1. The van der Waals surface area contributed by atoms with E-state index in [1.807, 2.05) is 26.4 Å². The van der Waals surface area contributed by atoms with Crippen molar-refractivity contribution in [1.82, 2.24) is 10.3 Å². The third-order valence-corrected chi connectivity index (χ3v) is 3.26. The molecule has 3 nitrogen and oxygen atoms in total. The van der Waals surface area contributed by atoms with Crippen LogP contribution in [0, 0.1) is 0 Å². The normalized spacial score (nSPS) is 14.6. The Morgan fingerprint density at radius 2 is 2.17 bits per heavy atom. The first kappa shape index (κ1) is 13.0. The van der Waals surface area contributed by atoms with Crippen molar-refractivity contribution in [1.29, 1.82) is 0 Å². The van der Waals surface area contributed by atoms with Crippen LogP contribution < -0.4 is 5.32 Å². The van der Waals surface area contributed by atoms with E-state index >= 15 is 0 Å². The Balaban J connectivity index is 2.44. The molecule has 1 aromatic heterocycles. The number of aromatic nitrogens is 1. The number of nitrogens with one attached hydrogen (secondary N) is 1. The maximum absolute atomic E-state index is 5.72. The van der Waals surface area contributed by atoms with Gasteiger partial charge in [-0.05, 0) is 37.9 Å². The topological polar surface area (TPSA) is 34.1 Å². The molecule has 0 aliphatic heterocycles. The number of ether oxygens (including phenoxy) is 1. The van der Waals surface area contributed by atoms with E-state index < -0.39 is 0 Å². The molecule has 0 aliphatic rings. The SMILES string of the molecule is CCOC(C)C(NC)c1cccc2cnccc12. The van der Waals surface area contributed by atoms with Crippen LogP contribution >= 0.6 is 0 Å². The molecule has 0 amide bonds. The van der Waals surface area contributed by atoms with Gasteiger partial charge in [0, 0.05) is 24.4 Å². The molecule has 18 heavy (non-hydrogen) atoms. The summed E-state index contributed by atoms with van der Waals surface area (Å²) < 4.78 is 5.72. The molecule has 3 heteroatoms. The molecule has 2 atom stereocenters. The molecule has 2 unspecified atom stereocenters. The molecule has 1 heterocycles. The van der Waals surface area contributed by atoms with Gasteiger partial charge in [0.1, 0.15) is 0 Å². The second-order valence-corrected chi connectivity index (χ2v) is 4.37. The van der Waals surface area contributed by atoms with E-state index in [1.54, 1.807) is 0 Å². The largest absolute Gasteiger partial charge is 0.377 e. The first-order chi connectivity index (χ1) is 8.77. The van der Waals surface area contributed by atoms with Gasteiger partial charge >= 0.3 is 0 Å². The highest BCUT2D eigenvalue weighted by Gasteiger charge is 2.19. The van der Waals surface area contributed by atoms with Gasteiger partial charge in [-0.25, -0.2) is 0 Å². The summed E-state index contributed by atoms with van der Waals surface area (Å²) >= 11 is 0. The molecule has 0 spiro atoms. The smallest absolute Gasteiger partial charge is 0.0741 e. The molecule has 0 fully saturated rings. The van der Waals surface area contributed by atoms with E-state index in [0.29, 0.717) is 0 Å². The summed E-state index contributed by atoms with van der Waals surface area (Å²) in [6, 6.07) is 8.56. The van der Waals surface area contributed by atoms with Gasteiger partial charge < -0.3 is 10.1 Å². The molecular formula is C15H20N2O. The van der Waals surface area contributed by atoms with E-state index in [2.05, 4.69) is 41.5 Å². The second-order valence-electron chi connectivity index (χ2n) is 4.37. The Morgan fingerprint density at radius 3 is 2.89 bits per heavy atom. The van der Waals surface area contributed by atoms with Gasteiger partial charge in [0.15, 0.2) is 0 Å². The third-order valence-electron chi connectivity index (χ3n) is 3.26. The van der Waals surface area contributed by atoms with Crippen molar-refractivity contribution in [3.05, 3.63) is 42.2 Å². The Kier molecular flexibility index (Phi) is 4.28. The standard InChI is InChI=1S/C15H20N2O/c1-4-18-11(2)15(16-3)14-7-5-6-12-10-17-9-8-13(12)14/h5-11,15-16H,4H2,1-3H3. The predicted molar refractivity (Wildman–Crippen MR) is 74.6 cm³/mol. The van der Waals surface area contributed by atoms with Crippen molar-refractivity contribution in [3.8, 4) is 0 Å². The molecule has 0 bridgehead atoms. The third kappa shape index (κ3) is 2.52. The Hall–Kier alpha value is -1.45. The quantitative estimate of drug-likeness (QED) is 0.878. The zero-order chi connectivity index (χ0) is 13.0. The maximum atomic E-state index is 5.72. The number of nitrogens with zero attached hydrogens (tertiary/aromatic N) is 1. The van der Waals surface area contributed by atoms with Gasteiger partial charge in [-0.15, -0.1) is 0 Å². The number of pyridine rings is 1. The first-order valence-corrected chi connectivity index (χ1v) is 6.39. The number of fused-ring (bicyclic) bond motifs is 1. The van der Waals surface area contributed by atoms with Gasteiger partial charge in [0.05, 0.1) is 12.1 Å². The lowest BCUT2D eigenvalue weighted by Gasteiger charge is -2.25. The summed E-state index contributed by atoms with van der Waals surface area (Å²) in [5.41, 5.74) is 1.26. The van der Waals surface area contributed by atoms with Crippen molar-refractivity contribution < 1.29 is 4.74 Å². The van der Waals surface area contributed by atoms with Gasteiger partial charge in [-0.1, -0.05) is 18.2 Å². The van der Waals surface area contributed by atoms with Crippen LogP contribution in [-0.2, 0) is 4.74 Å². The van der Waals surface area contributed by atoms with E-state index in [1.165, 1.54) is 16.3 Å². The summed E-state index contributed by atoms with van der Waals surface area (Å²) in [5.74, 6) is 0. The van der Waals surface area contributed by atoms with Crippen LogP contribution in [0.1, 0.15) is 25.5 Å². The molecule has 0 saturated heterocycles. The maximum Gasteiger partial charge on any atom is 0.0741 e. The van der Waals surface area contributed by atoms with Crippen LogP contribution in [0.3, 0.4) is 0 Å². The molecule has 2 aromatic rings. The van der Waals surface area contributed by atoms with E-state index in [-0.39, 0.29) is 12.1 Å². The van der Waals surface area contributed by atoms with E-state index in [9.17, 15) is 0 Å². The van der Waals surface area contributed by atoms with Crippen LogP contribution in [-0.4, -0.2) is 24.7 Å². The molecular weight excluding hydrogens is 224 g/mol. The van der Waals surface area contributed by atoms with Gasteiger partial charge in [-0.2, -0.15) is 0 Å². The van der Waals surface area contributed by atoms with Crippen molar-refractivity contribution >= 4 is 10.8 Å². The lowest BCUT2D eigenvalue weighted by molar-refractivity contribution is 0.0497. The van der Waals surface area contributed by atoms with Crippen LogP contribution in [0.5, 0.6) is 0 Å². The summed E-state index contributed by atoms with van der Waals surface area (Å²) in [7, 11) is 1.97. The Labute approximate surface area is 108 Å². The molecule has 1 aromatic carbocycles. The summed E-state index contributed by atoms with van der Waals surface area (Å²) in [6.45, 7) is 4.85. The molecule has 96 valence electrons. The molecule has 0 radical (unpaired) electrons. The molecule has 0 aliphatic carbocycles. The second kappa shape index (κ2) is 5.94. The summed E-state index contributed by atoms with van der Waals surface area (Å²) in [4.78, 5) is 4.17. The average Bonchev–Trinajstić information content (AvgIpc) is 2.40. The first-order valence-electron chi connectivity index (χ1n) is 6.39. The van der Waals surface area contributed by atoms with Crippen molar-refractivity contribution in [2.45, 2.75) is 26.0 Å². The van der Waals surface area contributed by atoms with E-state index in [0.717, 1.165) is 6.61 Å². The van der Waals surface area contributed by atoms with Crippen LogP contribution in [0.25, 0.3) is 10.8 Å². The van der Waals surface area contributed by atoms with Crippen LogP contribution in [0.2, 0.25) is 0 Å². The summed E-state index contributed by atoms with van der Waals surface area (Å²) in [5, 5.41) is 5.75. The van der Waals surface area contributed by atoms with Crippen molar-refractivity contribution in [2.75, 3.05) is 13.7 Å². The zero-order valence-electron chi connectivity index (χ0n) is 11.2. The molecule has 2 rings (SSSR count). The highest BCUT2D eigenvalue weighted by atomic mass is 16.5. The van der Waals surface area contributed by atoms with Crippen molar-refractivity contribution in [3.63, 3.8) is 0 Å². The molecule has 1 N–H and O–H groups in total. The average molecular weight is 244 g/mol. The Bertz CT molecular complexity index is 507. The number of hydrogen-bond acceptors (Lipinski definition) is 3.